The third-order valence-corrected chi connectivity index (χ3v) is 5.72. The molecule has 1 aliphatic heterocycles. The minimum absolute atomic E-state index is 0.0149. The number of carbonyl (C=O) groups excluding carboxylic acids is 1. The number of Topliss-reactive ketones (excluding diaryl/α,β-unsaturated/α-hetero) is 1. The van der Waals surface area contributed by atoms with Crippen LogP contribution in [0.1, 0.15) is 84.0 Å². The minimum Gasteiger partial charge on any atom is -0.394 e. The van der Waals surface area contributed by atoms with Crippen molar-refractivity contribution in [2.24, 2.45) is 0 Å². The topological polar surface area (TPSA) is 127 Å². The summed E-state index contributed by atoms with van der Waals surface area (Å²) in [7, 11) is 0. The summed E-state index contributed by atoms with van der Waals surface area (Å²) in [4.78, 5) is 12.4. The van der Waals surface area contributed by atoms with E-state index in [9.17, 15) is 30.3 Å². The van der Waals surface area contributed by atoms with Crippen LogP contribution in [0.2, 0.25) is 0 Å². The van der Waals surface area contributed by atoms with Crippen molar-refractivity contribution in [3.8, 4) is 0 Å². The maximum Gasteiger partial charge on any atom is 0.256 e. The van der Waals surface area contributed by atoms with Gasteiger partial charge in [-0.3, -0.25) is 4.79 Å². The first kappa shape index (κ1) is 27.9. The van der Waals surface area contributed by atoms with Gasteiger partial charge in [0, 0.05) is 6.42 Å². The van der Waals surface area contributed by atoms with Crippen LogP contribution >= 0.6 is 0 Å². The van der Waals surface area contributed by atoms with E-state index in [0.29, 0.717) is 6.42 Å². The first-order valence-corrected chi connectivity index (χ1v) is 11.8. The Labute approximate surface area is 186 Å². The Morgan fingerprint density at radius 3 is 2.06 bits per heavy atom. The molecule has 0 spiro atoms. The van der Waals surface area contributed by atoms with Crippen molar-refractivity contribution < 1.29 is 35.1 Å². The number of carbonyl (C=O) groups is 1. The van der Waals surface area contributed by atoms with Gasteiger partial charge in [-0.2, -0.15) is 0 Å². The molecule has 31 heavy (non-hydrogen) atoms. The maximum absolute atomic E-state index is 12.4. The molecule has 5 atom stereocenters. The van der Waals surface area contributed by atoms with Gasteiger partial charge >= 0.3 is 0 Å². The zero-order valence-corrected chi connectivity index (χ0v) is 18.9. The molecule has 0 saturated carbocycles. The lowest BCUT2D eigenvalue weighted by Crippen LogP contribution is -2.68. The van der Waals surface area contributed by atoms with E-state index in [-0.39, 0.29) is 6.42 Å². The number of hydrogen-bond acceptors (Lipinski definition) is 7. The maximum atomic E-state index is 12.4. The number of ether oxygens (including phenoxy) is 1. The summed E-state index contributed by atoms with van der Waals surface area (Å²) in [5.74, 6) is -3.36. The number of ketones is 1. The van der Waals surface area contributed by atoms with Gasteiger partial charge in [0.25, 0.3) is 5.79 Å². The number of aliphatic hydroxyl groups is 5. The molecule has 5 N–H and O–H groups in total. The summed E-state index contributed by atoms with van der Waals surface area (Å²) >= 11 is 0. The second-order valence-corrected chi connectivity index (χ2v) is 8.37. The average molecular weight is 443 g/mol. The van der Waals surface area contributed by atoms with E-state index in [1.807, 2.05) is 0 Å². The molecule has 1 saturated heterocycles. The summed E-state index contributed by atoms with van der Waals surface area (Å²) in [6, 6.07) is 0. The summed E-state index contributed by atoms with van der Waals surface area (Å²) in [6.45, 7) is 1.52. The van der Waals surface area contributed by atoms with Gasteiger partial charge in [0.2, 0.25) is 0 Å². The van der Waals surface area contributed by atoms with Crippen LogP contribution in [0, 0.1) is 0 Å². The molecule has 1 aliphatic rings. The van der Waals surface area contributed by atoms with E-state index in [1.54, 1.807) is 0 Å². The third kappa shape index (κ3) is 9.51. The summed E-state index contributed by atoms with van der Waals surface area (Å²) in [5.41, 5.74) is 0. The molecule has 7 heteroatoms. The molecule has 0 aromatic rings. The molecule has 0 unspecified atom stereocenters. The quantitative estimate of drug-likeness (QED) is 0.184. The first-order chi connectivity index (χ1) is 14.9. The van der Waals surface area contributed by atoms with Crippen LogP contribution in [0.15, 0.2) is 24.3 Å². The molecule has 0 radical (unpaired) electrons. The van der Waals surface area contributed by atoms with Crippen LogP contribution in [0.3, 0.4) is 0 Å². The molecule has 0 aliphatic carbocycles. The Balaban J connectivity index is 2.14. The Kier molecular flexibility index (Phi) is 14.1. The summed E-state index contributed by atoms with van der Waals surface area (Å²) in [6.07, 6.45) is 13.6. The van der Waals surface area contributed by atoms with Crippen LogP contribution in [0.5, 0.6) is 0 Å². The average Bonchev–Trinajstić information content (AvgIpc) is 2.77. The predicted octanol–water partition coefficient (Wildman–Crippen LogP) is 2.53. The van der Waals surface area contributed by atoms with Crippen LogP contribution in [-0.4, -0.2) is 68.1 Å². The Hall–Kier alpha value is -1.09. The van der Waals surface area contributed by atoms with Crippen LogP contribution in [-0.2, 0) is 9.53 Å². The lowest BCUT2D eigenvalue weighted by Gasteiger charge is -2.44. The molecule has 7 nitrogen and oxygen atoms in total. The zero-order valence-electron chi connectivity index (χ0n) is 18.9. The normalized spacial score (nSPS) is 29.2. The lowest BCUT2D eigenvalue weighted by molar-refractivity contribution is -0.331. The smallest absolute Gasteiger partial charge is 0.256 e. The molecular formula is C24H42O7. The van der Waals surface area contributed by atoms with Crippen molar-refractivity contribution >= 4 is 5.78 Å². The number of allylic oxidation sites excluding steroid dienone is 4. The fourth-order valence-electron chi connectivity index (χ4n) is 3.66. The third-order valence-electron chi connectivity index (χ3n) is 5.72. The van der Waals surface area contributed by atoms with Crippen LogP contribution in [0.25, 0.3) is 0 Å². The molecule has 180 valence electrons. The second-order valence-electron chi connectivity index (χ2n) is 8.37. The van der Waals surface area contributed by atoms with E-state index >= 15 is 0 Å². The molecule has 0 amide bonds. The van der Waals surface area contributed by atoms with Crippen molar-refractivity contribution in [3.05, 3.63) is 24.3 Å². The molecular weight excluding hydrogens is 400 g/mol. The van der Waals surface area contributed by atoms with Gasteiger partial charge in [-0.05, 0) is 38.5 Å². The van der Waals surface area contributed by atoms with E-state index in [1.165, 1.54) is 19.3 Å². The van der Waals surface area contributed by atoms with E-state index in [4.69, 9.17) is 4.74 Å². The van der Waals surface area contributed by atoms with Crippen molar-refractivity contribution in [2.45, 2.75) is 114 Å². The van der Waals surface area contributed by atoms with Crippen LogP contribution in [0.4, 0.5) is 0 Å². The number of hydrogen-bond donors (Lipinski definition) is 5. The van der Waals surface area contributed by atoms with Gasteiger partial charge in [-0.25, -0.2) is 0 Å². The highest BCUT2D eigenvalue weighted by atomic mass is 16.7. The molecule has 0 bridgehead atoms. The highest BCUT2D eigenvalue weighted by molar-refractivity contribution is 5.86. The number of unbranched alkanes of at least 4 members (excludes halogenated alkanes) is 8. The highest BCUT2D eigenvalue weighted by Crippen LogP contribution is 2.30. The summed E-state index contributed by atoms with van der Waals surface area (Å²) in [5, 5.41) is 49.1. The van der Waals surface area contributed by atoms with Gasteiger partial charge < -0.3 is 30.3 Å². The summed E-state index contributed by atoms with van der Waals surface area (Å²) < 4.78 is 5.04. The van der Waals surface area contributed by atoms with Gasteiger partial charge in [0.05, 0.1) is 6.61 Å². The minimum atomic E-state index is -2.61. The Morgan fingerprint density at radius 1 is 0.871 bits per heavy atom. The van der Waals surface area contributed by atoms with Crippen molar-refractivity contribution in [1.82, 2.24) is 0 Å². The predicted molar refractivity (Wildman–Crippen MR) is 119 cm³/mol. The Morgan fingerprint density at radius 2 is 1.45 bits per heavy atom. The Bertz CT molecular complexity index is 546. The van der Waals surface area contributed by atoms with Crippen LogP contribution < -0.4 is 0 Å². The first-order valence-electron chi connectivity index (χ1n) is 11.8. The highest BCUT2D eigenvalue weighted by Gasteiger charge is 2.56. The van der Waals surface area contributed by atoms with Gasteiger partial charge in [0.15, 0.2) is 5.78 Å². The van der Waals surface area contributed by atoms with E-state index in [2.05, 4.69) is 31.2 Å². The number of aliphatic hydroxyl groups excluding tert-OH is 4. The van der Waals surface area contributed by atoms with Gasteiger partial charge in [0.1, 0.15) is 24.4 Å². The molecule has 1 fully saturated rings. The monoisotopic (exact) mass is 442 g/mol. The molecule has 1 heterocycles. The van der Waals surface area contributed by atoms with Crippen molar-refractivity contribution in [3.63, 3.8) is 0 Å². The van der Waals surface area contributed by atoms with E-state index < -0.39 is 42.6 Å². The van der Waals surface area contributed by atoms with Gasteiger partial charge in [-0.1, -0.05) is 63.3 Å². The SMILES string of the molecule is CCCCCC=CCC=CCCCCCCCC(=O)[C@]1(O)O[C@H](CO)[C@@H](O)[C@H](O)[C@H]1O. The zero-order chi connectivity index (χ0) is 23.1. The lowest BCUT2D eigenvalue weighted by atomic mass is 9.88. The van der Waals surface area contributed by atoms with Crippen molar-refractivity contribution in [1.29, 1.82) is 0 Å². The standard InChI is InChI=1S/C24H42O7/c1-2-3-4-5-6-7-8-9-10-11-12-13-14-15-16-17-20(26)24(30)23(29)22(28)21(27)19(18-25)31-24/h6-7,9-10,19,21-23,25,27-30H,2-5,8,11-18H2,1H3/t19-,21-,22+,23-,24+/m1/s1. The second kappa shape index (κ2) is 15.7. The fraction of sp³-hybridized carbons (Fsp3) is 0.792. The fourth-order valence-corrected chi connectivity index (χ4v) is 3.66. The van der Waals surface area contributed by atoms with Gasteiger partial charge in [-0.15, -0.1) is 0 Å². The van der Waals surface area contributed by atoms with E-state index in [0.717, 1.165) is 44.9 Å². The molecule has 0 aromatic heterocycles. The molecule has 1 rings (SSSR count). The van der Waals surface area contributed by atoms with Crippen molar-refractivity contribution in [2.75, 3.05) is 6.61 Å². The molecule has 0 aromatic carbocycles. The number of rotatable bonds is 16. The largest absolute Gasteiger partial charge is 0.394 e.